The molecule has 1 aromatic carbocycles. The normalized spacial score (nSPS) is 19.9. The molecule has 0 saturated carbocycles. The molecule has 0 spiro atoms. The molecule has 1 heterocycles. The summed E-state index contributed by atoms with van der Waals surface area (Å²) in [4.78, 5) is 2.40. The Hall–Kier alpha value is -1.08. The minimum atomic E-state index is -1.43. The molecule has 1 fully saturated rings. The summed E-state index contributed by atoms with van der Waals surface area (Å²) in [5, 5.41) is 18.0. The van der Waals surface area contributed by atoms with E-state index < -0.39 is 7.12 Å². The van der Waals surface area contributed by atoms with Crippen LogP contribution in [0.25, 0.3) is 0 Å². The monoisotopic (exact) mass is 279 g/mol. The molecule has 0 radical (unpaired) electrons. The van der Waals surface area contributed by atoms with Crippen LogP contribution in [-0.4, -0.2) is 61.0 Å². The minimum Gasteiger partial charge on any atom is -0.492 e. The van der Waals surface area contributed by atoms with Gasteiger partial charge in [0.15, 0.2) is 0 Å². The zero-order valence-corrected chi connectivity index (χ0v) is 11.9. The van der Waals surface area contributed by atoms with E-state index in [1.807, 2.05) is 0 Å². The van der Waals surface area contributed by atoms with Gasteiger partial charge in [-0.3, -0.25) is 4.90 Å². The molecule has 20 heavy (non-hydrogen) atoms. The fourth-order valence-electron chi connectivity index (χ4n) is 2.38. The molecule has 0 amide bonds. The van der Waals surface area contributed by atoms with Crippen molar-refractivity contribution in [2.45, 2.75) is 19.4 Å². The van der Waals surface area contributed by atoms with Crippen molar-refractivity contribution in [1.29, 1.82) is 0 Å². The van der Waals surface area contributed by atoms with E-state index in [9.17, 15) is 0 Å². The van der Waals surface area contributed by atoms with E-state index >= 15 is 0 Å². The Morgan fingerprint density at radius 2 is 2.10 bits per heavy atom. The van der Waals surface area contributed by atoms with E-state index in [0.717, 1.165) is 38.5 Å². The van der Waals surface area contributed by atoms with Crippen LogP contribution >= 0.6 is 0 Å². The smallest absolute Gasteiger partial charge is 0.488 e. The van der Waals surface area contributed by atoms with Gasteiger partial charge in [0.2, 0.25) is 0 Å². The first kappa shape index (κ1) is 15.3. The molecular weight excluding hydrogens is 257 g/mol. The lowest BCUT2D eigenvalue weighted by Crippen LogP contribution is -2.46. The fraction of sp³-hybridized carbons (Fsp3) is 0.571. The van der Waals surface area contributed by atoms with Crippen molar-refractivity contribution in [3.8, 4) is 5.75 Å². The molecule has 1 aliphatic rings. The predicted octanol–water partition coefficient (Wildman–Crippen LogP) is -0.144. The summed E-state index contributed by atoms with van der Waals surface area (Å²) < 4.78 is 11.2. The molecule has 1 atom stereocenters. The maximum atomic E-state index is 9.01. The van der Waals surface area contributed by atoms with E-state index in [4.69, 9.17) is 19.5 Å². The predicted molar refractivity (Wildman–Crippen MR) is 78.2 cm³/mol. The summed E-state index contributed by atoms with van der Waals surface area (Å²) in [7, 11) is -1.43. The van der Waals surface area contributed by atoms with Gasteiger partial charge >= 0.3 is 7.12 Å². The number of morpholine rings is 1. The average Bonchev–Trinajstić information content (AvgIpc) is 2.48. The highest BCUT2D eigenvalue weighted by atomic mass is 16.5. The van der Waals surface area contributed by atoms with Gasteiger partial charge < -0.3 is 19.5 Å². The first-order valence-electron chi connectivity index (χ1n) is 7.11. The number of benzene rings is 1. The topological polar surface area (TPSA) is 62.2 Å². The van der Waals surface area contributed by atoms with Gasteiger partial charge in [-0.25, -0.2) is 0 Å². The van der Waals surface area contributed by atoms with Gasteiger partial charge in [-0.1, -0.05) is 19.1 Å². The van der Waals surface area contributed by atoms with Gasteiger partial charge in [-0.05, 0) is 24.0 Å². The van der Waals surface area contributed by atoms with Crippen LogP contribution < -0.4 is 10.2 Å². The molecule has 0 aliphatic carbocycles. The third-order valence-corrected chi connectivity index (χ3v) is 3.65. The molecule has 2 N–H and O–H groups in total. The zero-order valence-electron chi connectivity index (χ0n) is 11.9. The Morgan fingerprint density at radius 3 is 2.75 bits per heavy atom. The first-order chi connectivity index (χ1) is 9.70. The van der Waals surface area contributed by atoms with E-state index in [0.29, 0.717) is 18.1 Å². The van der Waals surface area contributed by atoms with Gasteiger partial charge in [-0.15, -0.1) is 0 Å². The number of hydrogen-bond donors (Lipinski definition) is 2. The highest BCUT2D eigenvalue weighted by Gasteiger charge is 2.20. The number of rotatable bonds is 6. The fourth-order valence-corrected chi connectivity index (χ4v) is 2.38. The molecule has 1 saturated heterocycles. The molecule has 2 rings (SSSR count). The van der Waals surface area contributed by atoms with Crippen LogP contribution in [0.3, 0.4) is 0 Å². The molecule has 6 heteroatoms. The first-order valence-corrected chi connectivity index (χ1v) is 7.11. The third-order valence-electron chi connectivity index (χ3n) is 3.65. The van der Waals surface area contributed by atoms with Gasteiger partial charge in [-0.2, -0.15) is 0 Å². The van der Waals surface area contributed by atoms with Crippen LogP contribution in [0.5, 0.6) is 5.75 Å². The summed E-state index contributed by atoms with van der Waals surface area (Å²) in [5.41, 5.74) is 0.469. The standard InChI is InChI=1S/C14H22BNO4/c1-2-13-11-19-9-7-16(13)8-10-20-14-5-3-12(4-6-14)15(17)18/h3-6,13,17-18H,2,7-11H2,1H3. The molecule has 1 aliphatic heterocycles. The minimum absolute atomic E-state index is 0.469. The Balaban J connectivity index is 1.77. The van der Waals surface area contributed by atoms with Crippen molar-refractivity contribution in [3.05, 3.63) is 24.3 Å². The van der Waals surface area contributed by atoms with Crippen molar-refractivity contribution < 1.29 is 19.5 Å². The van der Waals surface area contributed by atoms with Gasteiger partial charge in [0, 0.05) is 19.1 Å². The van der Waals surface area contributed by atoms with Gasteiger partial charge in [0.25, 0.3) is 0 Å². The van der Waals surface area contributed by atoms with Crippen molar-refractivity contribution in [1.82, 2.24) is 4.90 Å². The van der Waals surface area contributed by atoms with Gasteiger partial charge in [0.1, 0.15) is 12.4 Å². The number of hydrogen-bond acceptors (Lipinski definition) is 5. The van der Waals surface area contributed by atoms with Gasteiger partial charge in [0.05, 0.1) is 13.2 Å². The average molecular weight is 279 g/mol. The Labute approximate surface area is 120 Å². The second-order valence-corrected chi connectivity index (χ2v) is 4.96. The maximum Gasteiger partial charge on any atom is 0.488 e. The summed E-state index contributed by atoms with van der Waals surface area (Å²) in [6.07, 6.45) is 1.09. The Bertz CT molecular complexity index is 399. The Morgan fingerprint density at radius 1 is 1.35 bits per heavy atom. The van der Waals surface area contributed by atoms with Crippen molar-refractivity contribution in [3.63, 3.8) is 0 Å². The van der Waals surface area contributed by atoms with Crippen LogP contribution in [0, 0.1) is 0 Å². The molecule has 110 valence electrons. The van der Waals surface area contributed by atoms with E-state index in [1.54, 1.807) is 24.3 Å². The number of ether oxygens (including phenoxy) is 2. The molecule has 1 unspecified atom stereocenters. The summed E-state index contributed by atoms with van der Waals surface area (Å²) in [6, 6.07) is 7.31. The summed E-state index contributed by atoms with van der Waals surface area (Å²) in [5.74, 6) is 0.746. The molecule has 0 bridgehead atoms. The molecule has 1 aromatic rings. The summed E-state index contributed by atoms with van der Waals surface area (Å²) in [6.45, 7) is 6.23. The van der Waals surface area contributed by atoms with Crippen LogP contribution in [0.15, 0.2) is 24.3 Å². The van der Waals surface area contributed by atoms with Crippen LogP contribution in [0.2, 0.25) is 0 Å². The lowest BCUT2D eigenvalue weighted by Gasteiger charge is -2.34. The molecule has 0 aromatic heterocycles. The highest BCUT2D eigenvalue weighted by Crippen LogP contribution is 2.11. The van der Waals surface area contributed by atoms with Crippen LogP contribution in [0.4, 0.5) is 0 Å². The second kappa shape index (κ2) is 7.64. The zero-order chi connectivity index (χ0) is 14.4. The number of nitrogens with zero attached hydrogens (tertiary/aromatic N) is 1. The van der Waals surface area contributed by atoms with E-state index in [1.165, 1.54) is 0 Å². The van der Waals surface area contributed by atoms with Crippen LogP contribution in [-0.2, 0) is 4.74 Å². The lowest BCUT2D eigenvalue weighted by atomic mass is 9.80. The van der Waals surface area contributed by atoms with Crippen molar-refractivity contribution in [2.75, 3.05) is 32.9 Å². The van der Waals surface area contributed by atoms with E-state index in [2.05, 4.69) is 11.8 Å². The largest absolute Gasteiger partial charge is 0.492 e. The van der Waals surface area contributed by atoms with Crippen molar-refractivity contribution in [2.24, 2.45) is 0 Å². The highest BCUT2D eigenvalue weighted by molar-refractivity contribution is 6.58. The quantitative estimate of drug-likeness (QED) is 0.709. The van der Waals surface area contributed by atoms with Crippen molar-refractivity contribution >= 4 is 12.6 Å². The summed E-state index contributed by atoms with van der Waals surface area (Å²) >= 11 is 0. The maximum absolute atomic E-state index is 9.01. The molecule has 5 nitrogen and oxygen atoms in total. The Kier molecular flexibility index (Phi) is 5.85. The van der Waals surface area contributed by atoms with E-state index in [-0.39, 0.29) is 0 Å². The lowest BCUT2D eigenvalue weighted by molar-refractivity contribution is -0.0132. The SMILES string of the molecule is CCC1COCCN1CCOc1ccc(B(O)O)cc1. The molecular formula is C14H22BNO4. The van der Waals surface area contributed by atoms with Crippen LogP contribution in [0.1, 0.15) is 13.3 Å². The third kappa shape index (κ3) is 4.21. The second-order valence-electron chi connectivity index (χ2n) is 4.96.